The van der Waals surface area contributed by atoms with Crippen molar-refractivity contribution in [3.63, 3.8) is 0 Å². The first-order valence-electron chi connectivity index (χ1n) is 13.7. The topological polar surface area (TPSA) is 79.1 Å². The molecule has 0 unspecified atom stereocenters. The van der Waals surface area contributed by atoms with Crippen molar-refractivity contribution in [1.29, 1.82) is 0 Å². The van der Waals surface area contributed by atoms with Gasteiger partial charge in [-0.1, -0.05) is 58.8 Å². The van der Waals surface area contributed by atoms with E-state index in [0.717, 1.165) is 21.6 Å². The number of fused-ring (bicyclic) bond motifs is 1. The zero-order chi connectivity index (χ0) is 31.5. The zero-order valence-electron chi connectivity index (χ0n) is 24.7. The van der Waals surface area contributed by atoms with Crippen LogP contribution in [0.25, 0.3) is 6.08 Å². The number of thioether (sulfide) groups is 1. The molecule has 0 saturated heterocycles. The van der Waals surface area contributed by atoms with Gasteiger partial charge in [-0.25, -0.2) is 9.79 Å². The van der Waals surface area contributed by atoms with Crippen LogP contribution in [0.2, 0.25) is 10.0 Å². The van der Waals surface area contributed by atoms with E-state index in [9.17, 15) is 9.59 Å². The second-order valence-electron chi connectivity index (χ2n) is 10.3. The molecule has 1 atom stereocenters. The summed E-state index contributed by atoms with van der Waals surface area (Å²) >= 11 is 15.0. The first kappa shape index (κ1) is 31.9. The predicted octanol–water partition coefficient (Wildman–Crippen LogP) is 6.80. The molecule has 0 saturated carbocycles. The summed E-state index contributed by atoms with van der Waals surface area (Å²) in [5, 5.41) is 0.930. The number of benzene rings is 3. The summed E-state index contributed by atoms with van der Waals surface area (Å²) in [7, 11) is 1.56. The number of methoxy groups -OCH3 is 1. The van der Waals surface area contributed by atoms with Gasteiger partial charge in [0.2, 0.25) is 0 Å². The van der Waals surface area contributed by atoms with Crippen LogP contribution >= 0.6 is 46.3 Å². The number of hydrogen-bond acceptors (Lipinski definition) is 8. The van der Waals surface area contributed by atoms with Crippen molar-refractivity contribution in [3.05, 3.63) is 118 Å². The molecule has 5 rings (SSSR count). The molecule has 0 amide bonds. The van der Waals surface area contributed by atoms with Crippen molar-refractivity contribution >= 4 is 58.3 Å². The Labute approximate surface area is 273 Å². The summed E-state index contributed by atoms with van der Waals surface area (Å²) in [6.07, 6.45) is 3.46. The number of allylic oxidation sites excluding steroid dienone is 1. The molecule has 7 nitrogen and oxygen atoms in total. The van der Waals surface area contributed by atoms with Crippen molar-refractivity contribution in [3.8, 4) is 11.5 Å². The van der Waals surface area contributed by atoms with Crippen LogP contribution < -0.4 is 24.4 Å². The Balaban J connectivity index is 1.53. The predicted molar refractivity (Wildman–Crippen MR) is 177 cm³/mol. The van der Waals surface area contributed by atoms with E-state index in [1.54, 1.807) is 74.6 Å². The van der Waals surface area contributed by atoms with Crippen LogP contribution in [0, 0.1) is 0 Å². The average Bonchev–Trinajstić information content (AvgIpc) is 3.30. The number of halogens is 2. The lowest BCUT2D eigenvalue weighted by molar-refractivity contribution is -0.143. The Bertz CT molecular complexity index is 1930. The molecule has 0 N–H and O–H groups in total. The second kappa shape index (κ2) is 13.6. The number of aromatic nitrogens is 1. The molecule has 0 fully saturated rings. The van der Waals surface area contributed by atoms with Crippen LogP contribution in [0.15, 0.2) is 86.6 Å². The highest BCUT2D eigenvalue weighted by molar-refractivity contribution is 7.98. The molecule has 1 aliphatic rings. The van der Waals surface area contributed by atoms with Gasteiger partial charge in [0.05, 0.1) is 45.1 Å². The van der Waals surface area contributed by atoms with Crippen molar-refractivity contribution in [1.82, 2.24) is 4.57 Å². The minimum atomic E-state index is -0.678. The van der Waals surface area contributed by atoms with Gasteiger partial charge in [-0.3, -0.25) is 9.36 Å². The molecule has 0 aliphatic carbocycles. The number of carbonyl (C=O) groups excluding carboxylic acids is 1. The standard InChI is InChI=1S/C33H30Cl2N2O5S2/c1-18(2)42-32(39)29-19(3)36-33-37(30(29)22-8-10-23(43-5)11-9-22)31(38)28(44-33)16-20-7-13-26(27(15-20)40-4)41-17-21-6-12-24(34)25(35)14-21/h6-16,18,30H,17H2,1-5H3/b28-16-/t30-/m1/s1. The van der Waals surface area contributed by atoms with E-state index in [1.165, 1.54) is 11.3 Å². The number of carbonyl (C=O) groups is 1. The Morgan fingerprint density at radius 2 is 1.82 bits per heavy atom. The molecule has 0 bridgehead atoms. The third-order valence-corrected chi connectivity index (χ3v) is 9.35. The smallest absolute Gasteiger partial charge is 0.338 e. The third-order valence-electron chi connectivity index (χ3n) is 6.88. The normalized spacial score (nSPS) is 14.8. The Kier molecular flexibility index (Phi) is 9.90. The lowest BCUT2D eigenvalue weighted by atomic mass is 9.96. The Hall–Kier alpha value is -3.50. The van der Waals surface area contributed by atoms with E-state index in [0.29, 0.717) is 42.1 Å². The van der Waals surface area contributed by atoms with Crippen LogP contribution in [0.1, 0.15) is 43.5 Å². The quantitative estimate of drug-likeness (QED) is 0.144. The lowest BCUT2D eigenvalue weighted by Gasteiger charge is -2.25. The molecule has 2 heterocycles. The third kappa shape index (κ3) is 6.76. The fraction of sp³-hybridized carbons (Fsp3) is 0.242. The molecule has 44 heavy (non-hydrogen) atoms. The lowest BCUT2D eigenvalue weighted by Crippen LogP contribution is -2.40. The number of nitrogens with zero attached hydrogens (tertiary/aromatic N) is 2. The van der Waals surface area contributed by atoms with Crippen LogP contribution in [-0.4, -0.2) is 30.0 Å². The van der Waals surface area contributed by atoms with E-state index in [4.69, 9.17) is 37.4 Å². The largest absolute Gasteiger partial charge is 0.493 e. The molecule has 4 aromatic rings. The maximum atomic E-state index is 14.0. The zero-order valence-corrected chi connectivity index (χ0v) is 27.9. The summed E-state index contributed by atoms with van der Waals surface area (Å²) in [5.74, 6) is 0.554. The number of ether oxygens (including phenoxy) is 3. The minimum Gasteiger partial charge on any atom is -0.493 e. The first-order valence-corrected chi connectivity index (χ1v) is 16.5. The van der Waals surface area contributed by atoms with Crippen LogP contribution in [0.4, 0.5) is 0 Å². The molecule has 11 heteroatoms. The summed E-state index contributed by atoms with van der Waals surface area (Å²) in [5.41, 5.74) is 3.01. The van der Waals surface area contributed by atoms with E-state index in [1.807, 2.05) is 42.7 Å². The Morgan fingerprint density at radius 1 is 1.07 bits per heavy atom. The maximum Gasteiger partial charge on any atom is 0.338 e. The molecule has 0 spiro atoms. The molecule has 1 aromatic heterocycles. The van der Waals surface area contributed by atoms with Crippen molar-refractivity contribution in [2.45, 2.75) is 44.4 Å². The van der Waals surface area contributed by atoms with Gasteiger partial charge in [0, 0.05) is 4.90 Å². The van der Waals surface area contributed by atoms with Gasteiger partial charge in [0.15, 0.2) is 16.3 Å². The fourth-order valence-corrected chi connectivity index (χ4v) is 6.57. The molecule has 0 radical (unpaired) electrons. The summed E-state index contributed by atoms with van der Waals surface area (Å²) < 4.78 is 19.2. The molecular weight excluding hydrogens is 639 g/mol. The minimum absolute atomic E-state index is 0.256. The average molecular weight is 670 g/mol. The van der Waals surface area contributed by atoms with Crippen molar-refractivity contribution in [2.24, 2.45) is 4.99 Å². The number of rotatable bonds is 9. The molecular formula is C33H30Cl2N2O5S2. The van der Waals surface area contributed by atoms with Crippen LogP contribution in [0.5, 0.6) is 11.5 Å². The van der Waals surface area contributed by atoms with Gasteiger partial charge in [-0.15, -0.1) is 11.8 Å². The SMILES string of the molecule is COc1cc(/C=c2\sc3n(c2=O)[C@H](c2ccc(SC)cc2)C(C(=O)OC(C)C)=C(C)N=3)ccc1OCc1ccc(Cl)c(Cl)c1. The molecule has 1 aliphatic heterocycles. The molecule has 3 aromatic carbocycles. The van der Waals surface area contributed by atoms with Gasteiger partial charge in [0.25, 0.3) is 5.56 Å². The van der Waals surface area contributed by atoms with E-state index in [2.05, 4.69) is 4.99 Å². The van der Waals surface area contributed by atoms with E-state index in [-0.39, 0.29) is 18.3 Å². The van der Waals surface area contributed by atoms with Gasteiger partial charge < -0.3 is 14.2 Å². The van der Waals surface area contributed by atoms with Gasteiger partial charge in [-0.05, 0) is 86.2 Å². The summed E-state index contributed by atoms with van der Waals surface area (Å²) in [4.78, 5) is 33.6. The van der Waals surface area contributed by atoms with E-state index >= 15 is 0 Å². The summed E-state index contributed by atoms with van der Waals surface area (Å²) in [6.45, 7) is 5.63. The van der Waals surface area contributed by atoms with Crippen molar-refractivity contribution < 1.29 is 19.0 Å². The highest BCUT2D eigenvalue weighted by Gasteiger charge is 2.33. The summed E-state index contributed by atoms with van der Waals surface area (Å²) in [6, 6.07) is 17.9. The highest BCUT2D eigenvalue weighted by Crippen LogP contribution is 2.33. The monoisotopic (exact) mass is 668 g/mol. The number of esters is 1. The van der Waals surface area contributed by atoms with Crippen LogP contribution in [0.3, 0.4) is 0 Å². The van der Waals surface area contributed by atoms with E-state index < -0.39 is 12.0 Å². The Morgan fingerprint density at radius 3 is 2.48 bits per heavy atom. The van der Waals surface area contributed by atoms with Crippen molar-refractivity contribution in [2.75, 3.05) is 13.4 Å². The highest BCUT2D eigenvalue weighted by atomic mass is 35.5. The molecule has 228 valence electrons. The van der Waals surface area contributed by atoms with Crippen LogP contribution in [-0.2, 0) is 16.1 Å². The second-order valence-corrected chi connectivity index (χ2v) is 13.0. The van der Waals surface area contributed by atoms with Gasteiger partial charge in [0.1, 0.15) is 6.61 Å². The van der Waals surface area contributed by atoms with Gasteiger partial charge >= 0.3 is 5.97 Å². The number of hydrogen-bond donors (Lipinski definition) is 0. The fourth-order valence-electron chi connectivity index (χ4n) is 4.80. The first-order chi connectivity index (χ1) is 21.1. The number of thiazole rings is 1. The maximum absolute atomic E-state index is 14.0. The van der Waals surface area contributed by atoms with Gasteiger partial charge in [-0.2, -0.15) is 0 Å².